The van der Waals surface area contributed by atoms with E-state index in [0.717, 1.165) is 11.3 Å². The lowest BCUT2D eigenvalue weighted by Crippen LogP contribution is -1.75. The van der Waals surface area contributed by atoms with Crippen molar-refractivity contribution in [3.8, 4) is 22.8 Å². The molecule has 3 rings (SSSR count). The van der Waals surface area contributed by atoms with Gasteiger partial charge in [-0.1, -0.05) is 30.3 Å². The highest BCUT2D eigenvalue weighted by molar-refractivity contribution is 5.94. The normalized spacial score (nSPS) is 10.8. The highest BCUT2D eigenvalue weighted by atomic mass is 16.3. The maximum Gasteiger partial charge on any atom is 0.139 e. The van der Waals surface area contributed by atoms with Gasteiger partial charge in [-0.2, -0.15) is 0 Å². The fourth-order valence-corrected chi connectivity index (χ4v) is 1.96. The lowest BCUT2D eigenvalue weighted by molar-refractivity contribution is 0.469. The van der Waals surface area contributed by atoms with Gasteiger partial charge in [-0.3, -0.25) is 0 Å². The summed E-state index contributed by atoms with van der Waals surface area (Å²) in [6.45, 7) is 0. The van der Waals surface area contributed by atoms with Crippen molar-refractivity contribution in [3.05, 3.63) is 48.5 Å². The number of rotatable bonds is 1. The van der Waals surface area contributed by atoms with E-state index in [4.69, 9.17) is 0 Å². The van der Waals surface area contributed by atoms with Crippen molar-refractivity contribution in [2.75, 3.05) is 0 Å². The molecule has 84 valence electrons. The highest BCUT2D eigenvalue weighted by Crippen LogP contribution is 2.34. The summed E-state index contributed by atoms with van der Waals surface area (Å²) in [6, 6.07) is 14.6. The van der Waals surface area contributed by atoms with Crippen LogP contribution in [-0.2, 0) is 0 Å². The highest BCUT2D eigenvalue weighted by Gasteiger charge is 2.09. The van der Waals surface area contributed by atoms with Crippen LogP contribution < -0.4 is 0 Å². The Kier molecular flexibility index (Phi) is 2.05. The van der Waals surface area contributed by atoms with Gasteiger partial charge in [0.15, 0.2) is 0 Å². The first-order chi connectivity index (χ1) is 8.25. The molecule has 0 atom stereocenters. The maximum atomic E-state index is 9.72. The Morgan fingerprint density at radius 2 is 1.53 bits per heavy atom. The van der Waals surface area contributed by atoms with Crippen LogP contribution >= 0.6 is 0 Å². The van der Waals surface area contributed by atoms with Crippen LogP contribution in [-0.4, -0.2) is 15.2 Å². The van der Waals surface area contributed by atoms with Crippen molar-refractivity contribution >= 4 is 10.9 Å². The molecule has 0 fully saturated rings. The van der Waals surface area contributed by atoms with Crippen LogP contribution in [0.5, 0.6) is 11.5 Å². The molecule has 1 aromatic heterocycles. The predicted octanol–water partition coefficient (Wildman–Crippen LogP) is 3.25. The molecule has 0 saturated carbocycles. The van der Waals surface area contributed by atoms with Crippen molar-refractivity contribution in [2.24, 2.45) is 0 Å². The van der Waals surface area contributed by atoms with Gasteiger partial charge in [0.1, 0.15) is 11.5 Å². The smallest absolute Gasteiger partial charge is 0.139 e. The Hall–Kier alpha value is -2.42. The number of benzene rings is 2. The molecular formula is C14H11NO2. The topological polar surface area (TPSA) is 56.2 Å². The Balaban J connectivity index is 2.27. The van der Waals surface area contributed by atoms with Gasteiger partial charge < -0.3 is 15.2 Å². The number of fused-ring (bicyclic) bond motifs is 1. The molecule has 17 heavy (non-hydrogen) atoms. The van der Waals surface area contributed by atoms with Crippen LogP contribution in [0.25, 0.3) is 22.2 Å². The molecule has 3 nitrogen and oxygen atoms in total. The van der Waals surface area contributed by atoms with E-state index in [0.29, 0.717) is 10.9 Å². The summed E-state index contributed by atoms with van der Waals surface area (Å²) in [6.07, 6.45) is 0. The van der Waals surface area contributed by atoms with Gasteiger partial charge in [0, 0.05) is 11.1 Å². The first-order valence-corrected chi connectivity index (χ1v) is 5.35. The Morgan fingerprint density at radius 3 is 2.24 bits per heavy atom. The number of phenolic OH excluding ortho intramolecular Hbond substituents is 2. The Bertz CT molecular complexity index is 632. The van der Waals surface area contributed by atoms with Gasteiger partial charge in [0.2, 0.25) is 0 Å². The van der Waals surface area contributed by atoms with Gasteiger partial charge >= 0.3 is 0 Å². The average molecular weight is 225 g/mol. The van der Waals surface area contributed by atoms with Crippen LogP contribution in [0.2, 0.25) is 0 Å². The van der Waals surface area contributed by atoms with Crippen LogP contribution in [0.4, 0.5) is 0 Å². The summed E-state index contributed by atoms with van der Waals surface area (Å²) < 4.78 is 0. The van der Waals surface area contributed by atoms with Crippen molar-refractivity contribution < 1.29 is 10.2 Å². The molecule has 0 unspecified atom stereocenters. The molecule has 3 aromatic rings. The molecular weight excluding hydrogens is 214 g/mol. The third kappa shape index (κ3) is 1.52. The zero-order chi connectivity index (χ0) is 11.8. The van der Waals surface area contributed by atoms with E-state index < -0.39 is 0 Å². The molecule has 2 aromatic carbocycles. The van der Waals surface area contributed by atoms with Gasteiger partial charge in [-0.05, 0) is 23.8 Å². The minimum absolute atomic E-state index is 0.139. The number of aromatic hydroxyl groups is 2. The number of aromatic nitrogens is 1. The summed E-state index contributed by atoms with van der Waals surface area (Å²) in [7, 11) is 0. The number of nitrogens with one attached hydrogen (secondary N) is 1. The van der Waals surface area contributed by atoms with Crippen molar-refractivity contribution in [1.29, 1.82) is 0 Å². The summed E-state index contributed by atoms with van der Waals surface area (Å²) in [4.78, 5) is 3.11. The van der Waals surface area contributed by atoms with Gasteiger partial charge in [0.25, 0.3) is 0 Å². The first kappa shape index (κ1) is 9.78. The zero-order valence-electron chi connectivity index (χ0n) is 9.01. The molecule has 1 heterocycles. The van der Waals surface area contributed by atoms with E-state index in [-0.39, 0.29) is 11.5 Å². The van der Waals surface area contributed by atoms with E-state index in [1.165, 1.54) is 12.1 Å². The summed E-state index contributed by atoms with van der Waals surface area (Å²) in [5, 5.41) is 20.1. The van der Waals surface area contributed by atoms with E-state index in [1.807, 2.05) is 36.4 Å². The largest absolute Gasteiger partial charge is 0.507 e. The molecule has 0 aliphatic rings. The maximum absolute atomic E-state index is 9.72. The van der Waals surface area contributed by atoms with Crippen molar-refractivity contribution in [2.45, 2.75) is 0 Å². The van der Waals surface area contributed by atoms with Crippen LogP contribution in [0.15, 0.2) is 48.5 Å². The Morgan fingerprint density at radius 1 is 0.824 bits per heavy atom. The fourth-order valence-electron chi connectivity index (χ4n) is 1.96. The van der Waals surface area contributed by atoms with E-state index in [9.17, 15) is 10.2 Å². The molecule has 0 spiro atoms. The number of aromatic amines is 1. The predicted molar refractivity (Wildman–Crippen MR) is 67.1 cm³/mol. The molecule has 3 heteroatoms. The standard InChI is InChI=1S/C14H11NO2/c16-12-6-7-13(17)14-10(12)8-11(15-14)9-4-2-1-3-5-9/h1-8,15-17H. The lowest BCUT2D eigenvalue weighted by Gasteiger charge is -1.96. The molecule has 3 N–H and O–H groups in total. The monoisotopic (exact) mass is 225 g/mol. The number of H-pyrrole nitrogens is 1. The van der Waals surface area contributed by atoms with Gasteiger partial charge in [-0.25, -0.2) is 0 Å². The molecule has 0 aliphatic heterocycles. The van der Waals surface area contributed by atoms with Crippen LogP contribution in [0, 0.1) is 0 Å². The summed E-state index contributed by atoms with van der Waals surface area (Å²) >= 11 is 0. The molecule has 0 amide bonds. The summed E-state index contributed by atoms with van der Waals surface area (Å²) in [5.41, 5.74) is 2.45. The molecule has 0 aliphatic carbocycles. The van der Waals surface area contributed by atoms with Crippen LogP contribution in [0.3, 0.4) is 0 Å². The Labute approximate surface area is 98.0 Å². The summed E-state index contributed by atoms with van der Waals surface area (Å²) in [5.74, 6) is 0.302. The fraction of sp³-hybridized carbons (Fsp3) is 0. The van der Waals surface area contributed by atoms with E-state index in [1.54, 1.807) is 0 Å². The quantitative estimate of drug-likeness (QED) is 0.557. The molecule has 0 saturated heterocycles. The van der Waals surface area contributed by atoms with Crippen molar-refractivity contribution in [3.63, 3.8) is 0 Å². The van der Waals surface area contributed by atoms with E-state index in [2.05, 4.69) is 4.98 Å². The van der Waals surface area contributed by atoms with E-state index >= 15 is 0 Å². The second kappa shape index (κ2) is 3.56. The first-order valence-electron chi connectivity index (χ1n) is 5.35. The molecule has 0 bridgehead atoms. The molecule has 0 radical (unpaired) electrons. The second-order valence-corrected chi connectivity index (χ2v) is 3.94. The number of hydrogen-bond donors (Lipinski definition) is 3. The van der Waals surface area contributed by atoms with Crippen LogP contribution in [0.1, 0.15) is 0 Å². The average Bonchev–Trinajstić information content (AvgIpc) is 2.81. The number of hydrogen-bond acceptors (Lipinski definition) is 2. The third-order valence-corrected chi connectivity index (χ3v) is 2.83. The third-order valence-electron chi connectivity index (χ3n) is 2.83. The van der Waals surface area contributed by atoms with Gasteiger partial charge in [0.05, 0.1) is 5.52 Å². The van der Waals surface area contributed by atoms with Crippen molar-refractivity contribution in [1.82, 2.24) is 4.98 Å². The SMILES string of the molecule is Oc1ccc(O)c2[nH]c(-c3ccccc3)cc12. The van der Waals surface area contributed by atoms with Gasteiger partial charge in [-0.15, -0.1) is 0 Å². The number of phenols is 2. The zero-order valence-corrected chi connectivity index (χ0v) is 9.01. The minimum atomic E-state index is 0.139. The lowest BCUT2D eigenvalue weighted by atomic mass is 10.1. The second-order valence-electron chi connectivity index (χ2n) is 3.94. The minimum Gasteiger partial charge on any atom is -0.507 e.